The molecule has 0 atom stereocenters. The summed E-state index contributed by atoms with van der Waals surface area (Å²) in [5.41, 5.74) is 0. The maximum atomic E-state index is 10.1. The van der Waals surface area contributed by atoms with Crippen LogP contribution in [-0.2, 0) is 55.7 Å². The van der Waals surface area contributed by atoms with Crippen molar-refractivity contribution in [1.82, 2.24) is 0 Å². The molecule has 10 nitrogen and oxygen atoms in total. The van der Waals surface area contributed by atoms with Crippen molar-refractivity contribution >= 4 is 20.8 Å². The van der Waals surface area contributed by atoms with Crippen molar-refractivity contribution in [3.05, 3.63) is 0 Å². The van der Waals surface area contributed by atoms with Crippen LogP contribution in [0.3, 0.4) is 0 Å². The van der Waals surface area contributed by atoms with E-state index in [4.69, 9.17) is 9.47 Å². The van der Waals surface area contributed by atoms with Gasteiger partial charge in [-0.2, -0.15) is 0 Å². The third-order valence-corrected chi connectivity index (χ3v) is 7.11. The zero-order valence-electron chi connectivity index (χ0n) is 25.6. The maximum absolute atomic E-state index is 10.1. The molecule has 0 bridgehead atoms. The minimum Gasteiger partial charge on any atom is -0.726 e. The summed E-state index contributed by atoms with van der Waals surface area (Å²) >= 11 is 0. The average molecular weight is 675 g/mol. The summed E-state index contributed by atoms with van der Waals surface area (Å²) < 4.78 is 79.1. The molecule has 0 fully saturated rings. The van der Waals surface area contributed by atoms with E-state index in [-0.39, 0.29) is 43.5 Å². The number of ether oxygens (including phenoxy) is 2. The molecule has 0 heterocycles. The molecule has 0 N–H and O–H groups in total. The molecule has 0 aliphatic heterocycles. The minimum absolute atomic E-state index is 0. The van der Waals surface area contributed by atoms with Crippen LogP contribution in [0.2, 0.25) is 0 Å². The van der Waals surface area contributed by atoms with Crippen LogP contribution in [0, 0.1) is 0 Å². The van der Waals surface area contributed by atoms with Crippen LogP contribution >= 0.6 is 0 Å². The van der Waals surface area contributed by atoms with E-state index in [0.29, 0.717) is 13.2 Å². The van der Waals surface area contributed by atoms with Gasteiger partial charge in [-0.25, -0.2) is 16.8 Å². The molecule has 0 radical (unpaired) electrons. The van der Waals surface area contributed by atoms with E-state index in [0.717, 1.165) is 25.7 Å². The first-order chi connectivity index (χ1) is 19.1. The van der Waals surface area contributed by atoms with Crippen LogP contribution in [0.1, 0.15) is 142 Å². The summed E-state index contributed by atoms with van der Waals surface area (Å²) in [6, 6.07) is 0. The summed E-state index contributed by atoms with van der Waals surface area (Å²) in [6.07, 6.45) is 25.3. The SMILES string of the molecule is CCCCCCCCCCCCOCCOS(=O)(=O)[O-].CCCCCCCCCCCCOCCOS(=O)(=O)[O-].[Fe+2]. The van der Waals surface area contributed by atoms with Gasteiger partial charge in [-0.3, -0.25) is 8.37 Å². The molecule has 0 aliphatic rings. The molecule has 250 valence electrons. The van der Waals surface area contributed by atoms with E-state index in [1.165, 1.54) is 103 Å². The molecule has 0 aromatic heterocycles. The first kappa shape index (κ1) is 45.6. The Labute approximate surface area is 262 Å². The Balaban J connectivity index is -0.000000688. The second-order valence-corrected chi connectivity index (χ2v) is 12.2. The Morgan fingerprint density at radius 2 is 0.634 bits per heavy atom. The van der Waals surface area contributed by atoms with E-state index >= 15 is 0 Å². The third kappa shape index (κ3) is 50.1. The molecule has 0 saturated carbocycles. The molecule has 0 spiro atoms. The molecule has 0 amide bonds. The second kappa shape index (κ2) is 34.7. The van der Waals surface area contributed by atoms with Crippen molar-refractivity contribution in [2.75, 3.05) is 39.6 Å². The molecule has 0 aliphatic carbocycles. The maximum Gasteiger partial charge on any atom is 2.00 e. The van der Waals surface area contributed by atoms with Gasteiger partial charge in [-0.05, 0) is 12.8 Å². The number of hydrogen-bond donors (Lipinski definition) is 0. The van der Waals surface area contributed by atoms with Gasteiger partial charge in [0.1, 0.15) is 0 Å². The smallest absolute Gasteiger partial charge is 0.726 e. The van der Waals surface area contributed by atoms with Gasteiger partial charge in [0.2, 0.25) is 20.8 Å². The van der Waals surface area contributed by atoms with Gasteiger partial charge >= 0.3 is 17.1 Å². The molecule has 41 heavy (non-hydrogen) atoms. The summed E-state index contributed by atoms with van der Waals surface area (Å²) in [4.78, 5) is 0. The fourth-order valence-corrected chi connectivity index (χ4v) is 4.52. The molecular formula is C28H58FeO10S2. The van der Waals surface area contributed by atoms with Crippen LogP contribution in [-0.4, -0.2) is 65.6 Å². The Hall–Kier alpha value is 0.179. The van der Waals surface area contributed by atoms with Crippen molar-refractivity contribution in [2.24, 2.45) is 0 Å². The zero-order valence-corrected chi connectivity index (χ0v) is 28.4. The normalized spacial score (nSPS) is 11.6. The monoisotopic (exact) mass is 674 g/mol. The van der Waals surface area contributed by atoms with Crippen LogP contribution in [0.4, 0.5) is 0 Å². The number of unbranched alkanes of at least 4 members (excludes halogenated alkanes) is 18. The van der Waals surface area contributed by atoms with E-state index in [9.17, 15) is 25.9 Å². The number of rotatable bonds is 30. The molecule has 13 heteroatoms. The fourth-order valence-electron chi connectivity index (χ4n) is 3.98. The van der Waals surface area contributed by atoms with E-state index in [1.807, 2.05) is 0 Å². The molecule has 0 aromatic rings. The number of hydrogen-bond acceptors (Lipinski definition) is 10. The van der Waals surface area contributed by atoms with Gasteiger partial charge < -0.3 is 18.6 Å². The summed E-state index contributed by atoms with van der Waals surface area (Å²) in [5.74, 6) is 0. The summed E-state index contributed by atoms with van der Waals surface area (Å²) in [7, 11) is -9.14. The summed E-state index contributed by atoms with van der Waals surface area (Å²) in [5, 5.41) is 0. The van der Waals surface area contributed by atoms with Gasteiger partial charge in [0.05, 0.1) is 26.4 Å². The second-order valence-electron chi connectivity index (χ2n) is 10.0. The summed E-state index contributed by atoms with van der Waals surface area (Å²) in [6.45, 7) is 5.57. The van der Waals surface area contributed by atoms with Crippen molar-refractivity contribution in [3.8, 4) is 0 Å². The van der Waals surface area contributed by atoms with Gasteiger partial charge in [0.25, 0.3) is 0 Å². The van der Waals surface area contributed by atoms with Gasteiger partial charge in [-0.1, -0.05) is 129 Å². The topological polar surface area (TPSA) is 151 Å². The Morgan fingerprint density at radius 1 is 0.390 bits per heavy atom. The van der Waals surface area contributed by atoms with Gasteiger partial charge in [-0.15, -0.1) is 0 Å². The molecule has 0 unspecified atom stereocenters. The Kier molecular flexibility index (Phi) is 38.6. The predicted octanol–water partition coefficient (Wildman–Crippen LogP) is 6.80. The van der Waals surface area contributed by atoms with Crippen LogP contribution in [0.15, 0.2) is 0 Å². The van der Waals surface area contributed by atoms with Crippen LogP contribution in [0.5, 0.6) is 0 Å². The van der Waals surface area contributed by atoms with Crippen molar-refractivity contribution in [2.45, 2.75) is 142 Å². The third-order valence-electron chi connectivity index (χ3n) is 6.20. The van der Waals surface area contributed by atoms with Crippen molar-refractivity contribution < 1.29 is 60.8 Å². The fraction of sp³-hybridized carbons (Fsp3) is 1.00. The molecule has 0 rings (SSSR count). The molecule has 0 saturated heterocycles. The Morgan fingerprint density at radius 3 is 0.878 bits per heavy atom. The van der Waals surface area contributed by atoms with E-state index < -0.39 is 20.8 Å². The van der Waals surface area contributed by atoms with Gasteiger partial charge in [0.15, 0.2) is 0 Å². The minimum atomic E-state index is -4.57. The Bertz CT molecular complexity index is 647. The predicted molar refractivity (Wildman–Crippen MR) is 157 cm³/mol. The van der Waals surface area contributed by atoms with Crippen molar-refractivity contribution in [3.63, 3.8) is 0 Å². The quantitative estimate of drug-likeness (QED) is 0.0344. The zero-order chi connectivity index (χ0) is 30.2. The average Bonchev–Trinajstić information content (AvgIpc) is 2.88. The molecular weight excluding hydrogens is 616 g/mol. The van der Waals surface area contributed by atoms with E-state index in [1.54, 1.807) is 0 Å². The van der Waals surface area contributed by atoms with Crippen LogP contribution < -0.4 is 0 Å². The largest absolute Gasteiger partial charge is 2.00 e. The van der Waals surface area contributed by atoms with E-state index in [2.05, 4.69) is 22.2 Å². The molecule has 0 aromatic carbocycles. The van der Waals surface area contributed by atoms with Gasteiger partial charge in [0, 0.05) is 13.2 Å². The van der Waals surface area contributed by atoms with Crippen LogP contribution in [0.25, 0.3) is 0 Å². The standard InChI is InChI=1S/2C14H30O5S.Fe/c2*1-2-3-4-5-6-7-8-9-10-11-12-18-13-14-19-20(15,16)17;/h2*2-14H2,1H3,(H,15,16,17);/q;;+2/p-2. The first-order valence-corrected chi connectivity index (χ1v) is 18.1. The first-order valence-electron chi connectivity index (χ1n) is 15.5. The van der Waals surface area contributed by atoms with Crippen molar-refractivity contribution in [1.29, 1.82) is 0 Å².